The molecule has 7 N–H and O–H groups in total. The highest BCUT2D eigenvalue weighted by atomic mass is 16.4. The molecule has 0 bridgehead atoms. The molecule has 0 aliphatic rings. The number of aliphatic carboxylic acids is 4. The summed E-state index contributed by atoms with van der Waals surface area (Å²) in [4.78, 5) is 40.9. The highest BCUT2D eigenvalue weighted by molar-refractivity contribution is 6.26. The molecular weight excluding hydrogens is 320 g/mol. The minimum Gasteiger partial charge on any atom is -0.477 e. The van der Waals surface area contributed by atoms with Crippen molar-refractivity contribution < 1.29 is 54.9 Å². The van der Waals surface area contributed by atoms with Crippen LogP contribution in [0.5, 0.6) is 0 Å². The summed E-state index contributed by atoms with van der Waals surface area (Å²) in [5, 5.41) is 59.0. The van der Waals surface area contributed by atoms with Gasteiger partial charge in [0.25, 0.3) is 0 Å². The smallest absolute Gasteiger partial charge is 0.344 e. The Morgan fingerprint density at radius 2 is 0.870 bits per heavy atom. The summed E-state index contributed by atoms with van der Waals surface area (Å²) in [5.41, 5.74) is -4.05. The molecule has 0 aromatic heterocycles. The van der Waals surface area contributed by atoms with E-state index in [9.17, 15) is 19.2 Å². The lowest BCUT2D eigenvalue weighted by Crippen LogP contribution is -2.32. The lowest BCUT2D eigenvalue weighted by Gasteiger charge is -2.24. The molecule has 0 rings (SSSR count). The van der Waals surface area contributed by atoms with Crippen molar-refractivity contribution in [1.82, 2.24) is 0 Å². The SMILES string of the molecule is CCC(CO)(CO)CO.O=C(O)C(C(=O)O)=C(C(=O)O)C(=O)O. The van der Waals surface area contributed by atoms with Crippen molar-refractivity contribution in [3.8, 4) is 0 Å². The Morgan fingerprint density at radius 1 is 0.652 bits per heavy atom. The Balaban J connectivity index is 0. The van der Waals surface area contributed by atoms with Crippen LogP contribution in [0.2, 0.25) is 0 Å². The minimum absolute atomic E-state index is 0.156. The Bertz CT molecular complexity index is 404. The van der Waals surface area contributed by atoms with E-state index >= 15 is 0 Å². The van der Waals surface area contributed by atoms with E-state index in [0.29, 0.717) is 6.42 Å². The average molecular weight is 338 g/mol. The topological polar surface area (TPSA) is 210 Å². The molecule has 0 saturated heterocycles. The molecule has 0 aromatic carbocycles. The first-order chi connectivity index (χ1) is 10.5. The fraction of sp³-hybridized carbons (Fsp3) is 0.500. The van der Waals surface area contributed by atoms with E-state index in [4.69, 9.17) is 35.7 Å². The summed E-state index contributed by atoms with van der Waals surface area (Å²) in [6.07, 6.45) is 0.594. The Morgan fingerprint density at radius 3 is 0.913 bits per heavy atom. The first kappa shape index (κ1) is 22.8. The van der Waals surface area contributed by atoms with E-state index in [1.165, 1.54) is 0 Å². The van der Waals surface area contributed by atoms with Gasteiger partial charge in [0, 0.05) is 5.41 Å². The van der Waals surface area contributed by atoms with Crippen molar-refractivity contribution in [2.24, 2.45) is 5.41 Å². The van der Waals surface area contributed by atoms with Gasteiger partial charge in [-0.1, -0.05) is 6.92 Å². The Hall–Kier alpha value is -2.50. The zero-order valence-electron chi connectivity index (χ0n) is 12.1. The van der Waals surface area contributed by atoms with Crippen molar-refractivity contribution in [1.29, 1.82) is 0 Å². The third-order valence-electron chi connectivity index (χ3n) is 2.86. The van der Waals surface area contributed by atoms with E-state index in [2.05, 4.69) is 0 Å². The highest BCUT2D eigenvalue weighted by Crippen LogP contribution is 2.18. The van der Waals surface area contributed by atoms with Gasteiger partial charge in [-0.05, 0) is 6.42 Å². The summed E-state index contributed by atoms with van der Waals surface area (Å²) >= 11 is 0. The molecule has 11 heteroatoms. The molecule has 0 spiro atoms. The van der Waals surface area contributed by atoms with Crippen molar-refractivity contribution in [3.63, 3.8) is 0 Å². The lowest BCUT2D eigenvalue weighted by atomic mass is 9.88. The van der Waals surface area contributed by atoms with Gasteiger partial charge >= 0.3 is 23.9 Å². The zero-order chi connectivity index (χ0) is 18.8. The van der Waals surface area contributed by atoms with Gasteiger partial charge < -0.3 is 35.7 Å². The zero-order valence-corrected chi connectivity index (χ0v) is 12.1. The third-order valence-corrected chi connectivity index (χ3v) is 2.86. The standard InChI is InChI=1S/C6H4O8.C6H14O3/c7-3(8)1(4(9)10)2(5(11)12)6(13)14;1-2-6(3-7,4-8)5-9/h(H,7,8)(H,9,10)(H,11,12)(H,13,14);7-9H,2-5H2,1H3. The van der Waals surface area contributed by atoms with E-state index in [1.807, 2.05) is 6.92 Å². The Kier molecular flexibility index (Phi) is 10.2. The predicted molar refractivity (Wildman–Crippen MR) is 71.6 cm³/mol. The minimum atomic E-state index is -2.13. The maximum Gasteiger partial charge on any atom is 0.344 e. The molecule has 11 nitrogen and oxygen atoms in total. The monoisotopic (exact) mass is 338 g/mol. The van der Waals surface area contributed by atoms with Crippen molar-refractivity contribution in [2.45, 2.75) is 13.3 Å². The van der Waals surface area contributed by atoms with Crippen molar-refractivity contribution in [2.75, 3.05) is 19.8 Å². The molecule has 0 atom stereocenters. The molecule has 0 heterocycles. The number of hydrogen-bond acceptors (Lipinski definition) is 7. The van der Waals surface area contributed by atoms with E-state index in [1.54, 1.807) is 0 Å². The van der Waals surface area contributed by atoms with Gasteiger partial charge in [-0.3, -0.25) is 0 Å². The van der Waals surface area contributed by atoms with Crippen LogP contribution in [-0.2, 0) is 19.2 Å². The van der Waals surface area contributed by atoms with Crippen LogP contribution in [0.3, 0.4) is 0 Å². The number of carboxylic acids is 4. The van der Waals surface area contributed by atoms with E-state index < -0.39 is 40.4 Å². The first-order valence-electron chi connectivity index (χ1n) is 6.03. The van der Waals surface area contributed by atoms with Crippen LogP contribution in [-0.4, -0.2) is 79.4 Å². The molecule has 23 heavy (non-hydrogen) atoms. The van der Waals surface area contributed by atoms with E-state index in [-0.39, 0.29) is 19.8 Å². The predicted octanol–water partition coefficient (Wildman–Crippen LogP) is -2.02. The molecule has 0 radical (unpaired) electrons. The average Bonchev–Trinajstić information content (AvgIpc) is 2.46. The van der Waals surface area contributed by atoms with Gasteiger partial charge in [-0.15, -0.1) is 0 Å². The maximum atomic E-state index is 10.2. The van der Waals surface area contributed by atoms with Crippen LogP contribution < -0.4 is 0 Å². The number of rotatable bonds is 8. The van der Waals surface area contributed by atoms with E-state index in [0.717, 1.165) is 0 Å². The second kappa shape index (κ2) is 10.3. The summed E-state index contributed by atoms with van der Waals surface area (Å²) in [6, 6.07) is 0. The number of aliphatic hydroxyl groups excluding tert-OH is 3. The van der Waals surface area contributed by atoms with Crippen LogP contribution in [0.4, 0.5) is 0 Å². The van der Waals surface area contributed by atoms with Gasteiger partial charge in [0.05, 0.1) is 19.8 Å². The largest absolute Gasteiger partial charge is 0.477 e. The van der Waals surface area contributed by atoms with Gasteiger partial charge in [0.15, 0.2) is 11.1 Å². The van der Waals surface area contributed by atoms with Gasteiger partial charge in [0.2, 0.25) is 0 Å². The van der Waals surface area contributed by atoms with Crippen LogP contribution >= 0.6 is 0 Å². The number of aliphatic hydroxyl groups is 3. The second-order valence-corrected chi connectivity index (χ2v) is 4.30. The number of hydrogen-bond donors (Lipinski definition) is 7. The number of carbonyl (C=O) groups is 4. The molecule has 0 amide bonds. The maximum absolute atomic E-state index is 10.2. The van der Waals surface area contributed by atoms with Crippen molar-refractivity contribution in [3.05, 3.63) is 11.1 Å². The van der Waals surface area contributed by atoms with Gasteiger partial charge in [-0.25, -0.2) is 19.2 Å². The second-order valence-electron chi connectivity index (χ2n) is 4.30. The fourth-order valence-corrected chi connectivity index (χ4v) is 1.10. The summed E-state index contributed by atoms with van der Waals surface area (Å²) in [7, 11) is 0. The third kappa shape index (κ3) is 6.86. The molecule has 132 valence electrons. The molecule has 0 unspecified atom stereocenters. The molecule has 0 aliphatic carbocycles. The van der Waals surface area contributed by atoms with Crippen LogP contribution in [0.15, 0.2) is 11.1 Å². The van der Waals surface area contributed by atoms with Crippen molar-refractivity contribution >= 4 is 23.9 Å². The summed E-state index contributed by atoms with van der Waals surface area (Å²) in [6.45, 7) is 1.35. The summed E-state index contributed by atoms with van der Waals surface area (Å²) in [5.74, 6) is -8.51. The first-order valence-corrected chi connectivity index (χ1v) is 6.03. The van der Waals surface area contributed by atoms with Gasteiger partial charge in [0.1, 0.15) is 0 Å². The van der Waals surface area contributed by atoms with Crippen LogP contribution in [0.25, 0.3) is 0 Å². The van der Waals surface area contributed by atoms with Crippen LogP contribution in [0, 0.1) is 5.41 Å². The van der Waals surface area contributed by atoms with Gasteiger partial charge in [-0.2, -0.15) is 0 Å². The normalized spacial score (nSPS) is 10.1. The molecule has 0 aromatic rings. The highest BCUT2D eigenvalue weighted by Gasteiger charge is 2.31. The lowest BCUT2D eigenvalue weighted by molar-refractivity contribution is -0.146. The molecule has 0 fully saturated rings. The quantitative estimate of drug-likeness (QED) is 0.146. The molecular formula is C12H18O11. The molecule has 0 saturated carbocycles. The van der Waals surface area contributed by atoms with Crippen LogP contribution in [0.1, 0.15) is 13.3 Å². The number of carboxylic acid groups (broad SMARTS) is 4. The Labute approximate surface area is 129 Å². The summed E-state index contributed by atoms with van der Waals surface area (Å²) < 4.78 is 0. The molecule has 0 aliphatic heterocycles. The fourth-order valence-electron chi connectivity index (χ4n) is 1.10.